The second-order valence-corrected chi connectivity index (χ2v) is 12.1. The Hall–Kier alpha value is -3.82. The number of nitrogens with one attached hydrogen (secondary N) is 1. The Balaban J connectivity index is 1.42. The maximum atomic E-state index is 13.7. The van der Waals surface area contributed by atoms with Crippen LogP contribution in [-0.2, 0) is 19.1 Å². The van der Waals surface area contributed by atoms with E-state index in [4.69, 9.17) is 23.9 Å². The second kappa shape index (κ2) is 10.9. The van der Waals surface area contributed by atoms with Crippen LogP contribution in [0.15, 0.2) is 36.9 Å². The van der Waals surface area contributed by atoms with Crippen LogP contribution >= 0.6 is 0 Å². The fourth-order valence-corrected chi connectivity index (χ4v) is 5.41. The van der Waals surface area contributed by atoms with Crippen LogP contribution in [0.3, 0.4) is 0 Å². The number of carbonyl (C=O) groups is 3. The summed E-state index contributed by atoms with van der Waals surface area (Å²) in [5.41, 5.74) is -0.210. The van der Waals surface area contributed by atoms with Gasteiger partial charge in [0.15, 0.2) is 0 Å². The van der Waals surface area contributed by atoms with E-state index in [1.54, 1.807) is 40.9 Å². The number of benzene rings is 1. The number of amides is 2. The van der Waals surface area contributed by atoms with Crippen LogP contribution in [0, 0.1) is 5.92 Å². The molecule has 10 heteroatoms. The minimum Gasteiger partial charge on any atom is -0.497 e. The van der Waals surface area contributed by atoms with Crippen LogP contribution in [-0.4, -0.2) is 71.4 Å². The first-order valence-electron chi connectivity index (χ1n) is 14.2. The van der Waals surface area contributed by atoms with Gasteiger partial charge < -0.3 is 24.3 Å². The molecule has 4 unspecified atom stereocenters. The summed E-state index contributed by atoms with van der Waals surface area (Å²) in [6.07, 6.45) is 3.31. The second-order valence-electron chi connectivity index (χ2n) is 12.1. The molecule has 3 aliphatic rings. The van der Waals surface area contributed by atoms with E-state index in [0.29, 0.717) is 23.8 Å². The minimum absolute atomic E-state index is 0.142. The number of nitrogens with zero attached hydrogens (tertiary/aromatic N) is 2. The number of esters is 1. The molecule has 5 rings (SSSR count). The molecule has 10 nitrogen and oxygen atoms in total. The zero-order chi connectivity index (χ0) is 29.5. The molecule has 2 heterocycles. The van der Waals surface area contributed by atoms with E-state index in [2.05, 4.69) is 11.9 Å². The molecule has 2 saturated carbocycles. The molecule has 1 N–H and O–H groups in total. The lowest BCUT2D eigenvalue weighted by Crippen LogP contribution is -2.53. The zero-order valence-electron chi connectivity index (χ0n) is 24.4. The SMILES string of the molecule is C=CC1CC1(NC(=O)C1CC(Oc2cc(C3CC3)nc3cc(OC)ccc23)CN1C(=O)OC(C)(C)C)C(=O)OCC. The average Bonchev–Trinajstić information content (AvgIpc) is 3.84. The zero-order valence-corrected chi connectivity index (χ0v) is 24.4. The maximum Gasteiger partial charge on any atom is 0.411 e. The highest BCUT2D eigenvalue weighted by atomic mass is 16.6. The van der Waals surface area contributed by atoms with Crippen molar-refractivity contribution in [3.63, 3.8) is 0 Å². The number of likely N-dealkylation sites (tertiary alicyclic amines) is 1. The van der Waals surface area contributed by atoms with E-state index in [1.807, 2.05) is 24.3 Å². The van der Waals surface area contributed by atoms with Gasteiger partial charge in [-0.3, -0.25) is 14.7 Å². The first-order chi connectivity index (χ1) is 19.5. The number of aromatic nitrogens is 1. The van der Waals surface area contributed by atoms with Crippen molar-refractivity contribution >= 4 is 28.9 Å². The van der Waals surface area contributed by atoms with E-state index in [0.717, 1.165) is 29.4 Å². The van der Waals surface area contributed by atoms with Crippen molar-refractivity contribution in [1.29, 1.82) is 0 Å². The van der Waals surface area contributed by atoms with Crippen molar-refractivity contribution in [1.82, 2.24) is 15.2 Å². The van der Waals surface area contributed by atoms with Gasteiger partial charge in [-0.2, -0.15) is 0 Å². The lowest BCUT2D eigenvalue weighted by molar-refractivity contribution is -0.149. The number of pyridine rings is 1. The predicted molar refractivity (Wildman–Crippen MR) is 152 cm³/mol. The van der Waals surface area contributed by atoms with Gasteiger partial charge in [0.2, 0.25) is 5.91 Å². The number of hydrogen-bond donors (Lipinski definition) is 1. The van der Waals surface area contributed by atoms with Crippen molar-refractivity contribution in [3.05, 3.63) is 42.6 Å². The van der Waals surface area contributed by atoms with Crippen molar-refractivity contribution in [2.75, 3.05) is 20.3 Å². The summed E-state index contributed by atoms with van der Waals surface area (Å²) in [7, 11) is 1.61. The fraction of sp³-hybridized carbons (Fsp3) is 0.548. The van der Waals surface area contributed by atoms with Crippen molar-refractivity contribution in [2.24, 2.45) is 5.92 Å². The molecule has 3 fully saturated rings. The number of carbonyl (C=O) groups excluding carboxylic acids is 3. The Kier molecular flexibility index (Phi) is 7.61. The molecule has 220 valence electrons. The lowest BCUT2D eigenvalue weighted by atomic mass is 10.1. The molecule has 41 heavy (non-hydrogen) atoms. The Bertz CT molecular complexity index is 1370. The Morgan fingerprint density at radius 2 is 1.98 bits per heavy atom. The molecular weight excluding hydrogens is 526 g/mol. The summed E-state index contributed by atoms with van der Waals surface area (Å²) in [5.74, 6) is 0.540. The fourth-order valence-electron chi connectivity index (χ4n) is 5.41. The topological polar surface area (TPSA) is 116 Å². The summed E-state index contributed by atoms with van der Waals surface area (Å²) in [5, 5.41) is 3.71. The number of ether oxygens (including phenoxy) is 4. The molecule has 0 radical (unpaired) electrons. The molecule has 4 atom stereocenters. The van der Waals surface area contributed by atoms with Crippen LogP contribution in [0.5, 0.6) is 11.5 Å². The summed E-state index contributed by atoms with van der Waals surface area (Å²) >= 11 is 0. The monoisotopic (exact) mass is 565 g/mol. The van der Waals surface area contributed by atoms with Crippen LogP contribution in [0.25, 0.3) is 10.9 Å². The van der Waals surface area contributed by atoms with Gasteiger partial charge in [-0.15, -0.1) is 6.58 Å². The van der Waals surface area contributed by atoms with Crippen LogP contribution in [0.1, 0.15) is 65.0 Å². The van der Waals surface area contributed by atoms with Gasteiger partial charge in [0, 0.05) is 41.5 Å². The van der Waals surface area contributed by atoms with Gasteiger partial charge in [0.25, 0.3) is 0 Å². The van der Waals surface area contributed by atoms with E-state index in [9.17, 15) is 14.4 Å². The molecule has 2 amide bonds. The van der Waals surface area contributed by atoms with Crippen LogP contribution in [0.2, 0.25) is 0 Å². The summed E-state index contributed by atoms with van der Waals surface area (Å²) in [6, 6.07) is 6.71. The Morgan fingerprint density at radius 1 is 1.22 bits per heavy atom. The van der Waals surface area contributed by atoms with Crippen LogP contribution in [0.4, 0.5) is 4.79 Å². The lowest BCUT2D eigenvalue weighted by Gasteiger charge is -2.28. The van der Waals surface area contributed by atoms with Gasteiger partial charge in [0.1, 0.15) is 34.8 Å². The van der Waals surface area contributed by atoms with Gasteiger partial charge in [-0.25, -0.2) is 9.59 Å². The van der Waals surface area contributed by atoms with E-state index >= 15 is 0 Å². The number of rotatable bonds is 9. The third-order valence-electron chi connectivity index (χ3n) is 7.77. The van der Waals surface area contributed by atoms with Crippen LogP contribution < -0.4 is 14.8 Å². The van der Waals surface area contributed by atoms with Gasteiger partial charge in [-0.1, -0.05) is 6.08 Å². The Labute approximate surface area is 240 Å². The first-order valence-corrected chi connectivity index (χ1v) is 14.2. The predicted octanol–water partition coefficient (Wildman–Crippen LogP) is 4.50. The molecular formula is C31H39N3O7. The van der Waals surface area contributed by atoms with Gasteiger partial charge in [0.05, 0.1) is 25.8 Å². The first kappa shape index (κ1) is 28.7. The molecule has 1 aromatic carbocycles. The van der Waals surface area contributed by atoms with E-state index in [1.165, 1.54) is 4.90 Å². The van der Waals surface area contributed by atoms with Crippen molar-refractivity contribution in [3.8, 4) is 11.5 Å². The molecule has 1 saturated heterocycles. The van der Waals surface area contributed by atoms with Crippen molar-refractivity contribution in [2.45, 2.75) is 82.6 Å². The largest absolute Gasteiger partial charge is 0.497 e. The number of hydrogen-bond acceptors (Lipinski definition) is 8. The average molecular weight is 566 g/mol. The number of methoxy groups -OCH3 is 1. The minimum atomic E-state index is -1.17. The molecule has 2 aliphatic carbocycles. The van der Waals surface area contributed by atoms with Crippen molar-refractivity contribution < 1.29 is 33.3 Å². The molecule has 1 aliphatic heterocycles. The summed E-state index contributed by atoms with van der Waals surface area (Å²) < 4.78 is 22.8. The Morgan fingerprint density at radius 3 is 2.59 bits per heavy atom. The molecule has 0 spiro atoms. The van der Waals surface area contributed by atoms with E-state index < -0.39 is 41.3 Å². The summed E-state index contributed by atoms with van der Waals surface area (Å²) in [4.78, 5) is 46.0. The van der Waals surface area contributed by atoms with Gasteiger partial charge >= 0.3 is 12.1 Å². The maximum absolute atomic E-state index is 13.7. The number of fused-ring (bicyclic) bond motifs is 1. The normalized spacial score (nSPS) is 25.4. The molecule has 0 bridgehead atoms. The quantitative estimate of drug-likeness (QED) is 0.349. The third-order valence-corrected chi connectivity index (χ3v) is 7.77. The van der Waals surface area contributed by atoms with Gasteiger partial charge in [-0.05, 0) is 59.1 Å². The highest BCUT2D eigenvalue weighted by Crippen LogP contribution is 2.46. The third kappa shape index (κ3) is 5.96. The smallest absolute Gasteiger partial charge is 0.411 e. The highest BCUT2D eigenvalue weighted by Gasteiger charge is 2.62. The molecule has 2 aromatic rings. The molecule has 1 aromatic heterocycles. The highest BCUT2D eigenvalue weighted by molar-refractivity contribution is 5.95. The van der Waals surface area contributed by atoms with E-state index in [-0.39, 0.29) is 25.5 Å². The summed E-state index contributed by atoms with van der Waals surface area (Å²) in [6.45, 7) is 11.2. The standard InChI is InChI=1S/C31H39N3O7/c1-7-19-16-31(19,28(36)39-8-2)33-27(35)25-14-21(17-34(25)29(37)41-30(3,4)5)40-26-15-23(18-9-10-18)32-24-13-20(38-6)11-12-22(24)26/h7,11-13,15,18-19,21,25H,1,8-10,14,16-17H2,2-6H3,(H,33,35).